The van der Waals surface area contributed by atoms with Crippen LogP contribution in [0.2, 0.25) is 0 Å². The zero-order valence-electron chi connectivity index (χ0n) is 10.2. The molecule has 0 aromatic heterocycles. The van der Waals surface area contributed by atoms with E-state index < -0.39 is 37.3 Å². The second kappa shape index (κ2) is 6.81. The Labute approximate surface area is 105 Å². The number of aliphatic hydroxyl groups is 3. The van der Waals surface area contributed by atoms with Crippen LogP contribution >= 0.6 is 0 Å². The van der Waals surface area contributed by atoms with E-state index in [9.17, 15) is 15.0 Å². The minimum atomic E-state index is -1.30. The van der Waals surface area contributed by atoms with Gasteiger partial charge in [0.1, 0.15) is 24.4 Å². The third-order valence-corrected chi connectivity index (χ3v) is 2.63. The average molecular weight is 261 g/mol. The summed E-state index contributed by atoms with van der Waals surface area (Å²) >= 11 is 0. The molecule has 1 amide bonds. The Morgan fingerprint density at radius 3 is 2.67 bits per heavy atom. The predicted octanol–water partition coefficient (Wildman–Crippen LogP) is -1.87. The lowest BCUT2D eigenvalue weighted by molar-refractivity contribution is -0.267. The van der Waals surface area contributed by atoms with Crippen LogP contribution in [-0.4, -0.2) is 65.1 Å². The largest absolute Gasteiger partial charge is 0.394 e. The summed E-state index contributed by atoms with van der Waals surface area (Å²) in [5, 5.41) is 31.1. The van der Waals surface area contributed by atoms with Gasteiger partial charge in [-0.2, -0.15) is 0 Å². The molecule has 18 heavy (non-hydrogen) atoms. The van der Waals surface area contributed by atoms with Crippen LogP contribution in [0.4, 0.5) is 0 Å². The Balaban J connectivity index is 2.79. The second-order valence-electron chi connectivity index (χ2n) is 4.05. The first kappa shape index (κ1) is 15.1. The SMILES string of the molecule is C=CCOC1OC(CO)C(O)C(O)C1NC(C)=O. The third kappa shape index (κ3) is 3.50. The maximum Gasteiger partial charge on any atom is 0.217 e. The molecule has 1 aliphatic heterocycles. The van der Waals surface area contributed by atoms with Crippen molar-refractivity contribution in [2.45, 2.75) is 37.6 Å². The van der Waals surface area contributed by atoms with Gasteiger partial charge in [-0.15, -0.1) is 6.58 Å². The number of carbonyl (C=O) groups is 1. The Bertz CT molecular complexity index is 297. The molecule has 1 heterocycles. The lowest BCUT2D eigenvalue weighted by atomic mass is 9.97. The Morgan fingerprint density at radius 1 is 1.50 bits per heavy atom. The van der Waals surface area contributed by atoms with Gasteiger partial charge in [0.05, 0.1) is 13.2 Å². The van der Waals surface area contributed by atoms with Gasteiger partial charge in [0, 0.05) is 6.92 Å². The molecule has 1 fully saturated rings. The zero-order valence-corrected chi connectivity index (χ0v) is 10.2. The fourth-order valence-electron chi connectivity index (χ4n) is 1.78. The zero-order chi connectivity index (χ0) is 13.7. The monoisotopic (exact) mass is 261 g/mol. The fourth-order valence-corrected chi connectivity index (χ4v) is 1.78. The first-order chi connectivity index (χ1) is 8.51. The number of hydrogen-bond acceptors (Lipinski definition) is 6. The van der Waals surface area contributed by atoms with Crippen molar-refractivity contribution >= 4 is 5.91 Å². The topological polar surface area (TPSA) is 108 Å². The third-order valence-electron chi connectivity index (χ3n) is 2.63. The standard InChI is InChI=1S/C11H19NO6/c1-3-4-17-11-8(12-6(2)14)10(16)9(15)7(5-13)18-11/h3,7-11,13,15-16H,1,4-5H2,2H3,(H,12,14). The van der Waals surface area contributed by atoms with E-state index in [1.54, 1.807) is 0 Å². The quantitative estimate of drug-likeness (QED) is 0.432. The molecule has 1 aliphatic rings. The smallest absolute Gasteiger partial charge is 0.217 e. The Morgan fingerprint density at radius 2 is 2.17 bits per heavy atom. The lowest BCUT2D eigenvalue weighted by Gasteiger charge is -2.42. The fraction of sp³-hybridized carbons (Fsp3) is 0.727. The molecule has 104 valence electrons. The molecule has 4 N–H and O–H groups in total. The number of rotatable bonds is 5. The molecule has 5 atom stereocenters. The molecular formula is C11H19NO6. The van der Waals surface area contributed by atoms with Crippen molar-refractivity contribution in [3.63, 3.8) is 0 Å². The maximum absolute atomic E-state index is 11.1. The second-order valence-corrected chi connectivity index (χ2v) is 4.05. The summed E-state index contributed by atoms with van der Waals surface area (Å²) < 4.78 is 10.5. The molecule has 0 radical (unpaired) electrons. The first-order valence-corrected chi connectivity index (χ1v) is 5.63. The van der Waals surface area contributed by atoms with Crippen molar-refractivity contribution in [3.8, 4) is 0 Å². The first-order valence-electron chi connectivity index (χ1n) is 5.63. The van der Waals surface area contributed by atoms with Gasteiger partial charge in [0.15, 0.2) is 6.29 Å². The molecule has 7 heteroatoms. The highest BCUT2D eigenvalue weighted by atomic mass is 16.7. The van der Waals surface area contributed by atoms with Gasteiger partial charge >= 0.3 is 0 Å². The van der Waals surface area contributed by atoms with Gasteiger partial charge in [0.2, 0.25) is 5.91 Å². The molecule has 0 aliphatic carbocycles. The van der Waals surface area contributed by atoms with Crippen molar-refractivity contribution in [2.24, 2.45) is 0 Å². The molecule has 0 spiro atoms. The van der Waals surface area contributed by atoms with Gasteiger partial charge in [-0.05, 0) is 0 Å². The number of nitrogens with one attached hydrogen (secondary N) is 1. The van der Waals surface area contributed by atoms with Crippen molar-refractivity contribution in [1.29, 1.82) is 0 Å². The normalized spacial score (nSPS) is 36.1. The van der Waals surface area contributed by atoms with E-state index in [0.717, 1.165) is 0 Å². The highest BCUT2D eigenvalue weighted by molar-refractivity contribution is 5.73. The van der Waals surface area contributed by atoms with Crippen LogP contribution in [-0.2, 0) is 14.3 Å². The average Bonchev–Trinajstić information content (AvgIpc) is 2.33. The summed E-state index contributed by atoms with van der Waals surface area (Å²) in [6.07, 6.45) is -3.01. The summed E-state index contributed by atoms with van der Waals surface area (Å²) in [5.74, 6) is -0.385. The van der Waals surface area contributed by atoms with Crippen LogP contribution < -0.4 is 5.32 Å². The molecule has 1 saturated heterocycles. The summed E-state index contributed by atoms with van der Waals surface area (Å²) in [6.45, 7) is 4.45. The summed E-state index contributed by atoms with van der Waals surface area (Å²) in [6, 6.07) is -0.903. The lowest BCUT2D eigenvalue weighted by Crippen LogP contribution is -2.64. The van der Waals surface area contributed by atoms with Gasteiger partial charge in [-0.25, -0.2) is 0 Å². The minimum Gasteiger partial charge on any atom is -0.394 e. The molecule has 0 bridgehead atoms. The number of amides is 1. The summed E-state index contributed by atoms with van der Waals surface area (Å²) in [4.78, 5) is 11.1. The van der Waals surface area contributed by atoms with Crippen molar-refractivity contribution in [1.82, 2.24) is 5.32 Å². The van der Waals surface area contributed by atoms with Crippen LogP contribution in [0.1, 0.15) is 6.92 Å². The molecule has 0 aromatic rings. The molecule has 1 rings (SSSR count). The van der Waals surface area contributed by atoms with E-state index in [-0.39, 0.29) is 12.5 Å². The maximum atomic E-state index is 11.1. The molecular weight excluding hydrogens is 242 g/mol. The van der Waals surface area contributed by atoms with E-state index in [4.69, 9.17) is 14.6 Å². The van der Waals surface area contributed by atoms with Crippen LogP contribution in [0.15, 0.2) is 12.7 Å². The summed E-state index contributed by atoms with van der Waals surface area (Å²) in [5.41, 5.74) is 0. The van der Waals surface area contributed by atoms with Crippen LogP contribution in [0, 0.1) is 0 Å². The van der Waals surface area contributed by atoms with Crippen LogP contribution in [0.3, 0.4) is 0 Å². The van der Waals surface area contributed by atoms with Crippen LogP contribution in [0.25, 0.3) is 0 Å². The van der Waals surface area contributed by atoms with Crippen molar-refractivity contribution < 1.29 is 29.6 Å². The highest BCUT2D eigenvalue weighted by Gasteiger charge is 2.45. The Kier molecular flexibility index (Phi) is 5.70. The van der Waals surface area contributed by atoms with Gasteiger partial charge in [0.25, 0.3) is 0 Å². The van der Waals surface area contributed by atoms with E-state index >= 15 is 0 Å². The predicted molar refractivity (Wildman–Crippen MR) is 61.5 cm³/mol. The van der Waals surface area contributed by atoms with Gasteiger partial charge in [-0.3, -0.25) is 4.79 Å². The molecule has 5 unspecified atom stereocenters. The van der Waals surface area contributed by atoms with E-state index in [1.807, 2.05) is 0 Å². The van der Waals surface area contributed by atoms with Crippen LogP contribution in [0.5, 0.6) is 0 Å². The number of hydrogen-bond donors (Lipinski definition) is 4. The minimum absolute atomic E-state index is 0.154. The summed E-state index contributed by atoms with van der Waals surface area (Å²) in [7, 11) is 0. The van der Waals surface area contributed by atoms with E-state index in [0.29, 0.717) is 0 Å². The van der Waals surface area contributed by atoms with E-state index in [2.05, 4.69) is 11.9 Å². The molecule has 0 saturated carbocycles. The molecule has 0 aromatic carbocycles. The van der Waals surface area contributed by atoms with Crippen molar-refractivity contribution in [3.05, 3.63) is 12.7 Å². The highest BCUT2D eigenvalue weighted by Crippen LogP contribution is 2.22. The number of carbonyl (C=O) groups excluding carboxylic acids is 1. The molecule has 7 nitrogen and oxygen atoms in total. The van der Waals surface area contributed by atoms with Gasteiger partial charge in [-0.1, -0.05) is 6.08 Å². The van der Waals surface area contributed by atoms with Gasteiger partial charge < -0.3 is 30.1 Å². The number of ether oxygens (including phenoxy) is 2. The Hall–Kier alpha value is -0.990. The number of aliphatic hydroxyl groups excluding tert-OH is 3. The van der Waals surface area contributed by atoms with E-state index in [1.165, 1.54) is 13.0 Å². The van der Waals surface area contributed by atoms with Crippen molar-refractivity contribution in [2.75, 3.05) is 13.2 Å².